The fourth-order valence-corrected chi connectivity index (χ4v) is 1.72. The number of carboxylic acid groups (broad SMARTS) is 1. The first kappa shape index (κ1) is 13.6. The fourth-order valence-electron chi connectivity index (χ4n) is 1.23. The van der Waals surface area contributed by atoms with E-state index in [9.17, 15) is 4.79 Å². The minimum absolute atomic E-state index is 0.138. The summed E-state index contributed by atoms with van der Waals surface area (Å²) in [7, 11) is 0. The van der Waals surface area contributed by atoms with Crippen LogP contribution in [0.1, 0.15) is 17.3 Å². The Balaban J connectivity index is 3.14. The number of aromatic carboxylic acids is 1. The molecule has 92 valence electrons. The summed E-state index contributed by atoms with van der Waals surface area (Å²) in [5.41, 5.74) is 0.138. The van der Waals surface area contributed by atoms with Crippen LogP contribution >= 0.6 is 15.9 Å². The van der Waals surface area contributed by atoms with E-state index in [1.807, 2.05) is 6.92 Å². The summed E-state index contributed by atoms with van der Waals surface area (Å²) in [4.78, 5) is 11.0. The largest absolute Gasteiger partial charge is 0.490 e. The number of hydrogen-bond acceptors (Lipinski definition) is 3. The molecule has 0 fully saturated rings. The minimum atomic E-state index is -1.02. The molecule has 1 aromatic carbocycles. The van der Waals surface area contributed by atoms with Crippen LogP contribution in [0.25, 0.3) is 0 Å². The zero-order chi connectivity index (χ0) is 12.8. The van der Waals surface area contributed by atoms with Crippen LogP contribution in [0.5, 0.6) is 11.5 Å². The van der Waals surface area contributed by atoms with Crippen LogP contribution in [0.2, 0.25) is 0 Å². The zero-order valence-electron chi connectivity index (χ0n) is 9.40. The van der Waals surface area contributed by atoms with Crippen molar-refractivity contribution in [2.24, 2.45) is 0 Å². The average Bonchev–Trinajstić information content (AvgIpc) is 2.28. The first-order valence-corrected chi connectivity index (χ1v) is 5.82. The van der Waals surface area contributed by atoms with Crippen molar-refractivity contribution in [1.29, 1.82) is 0 Å². The van der Waals surface area contributed by atoms with Crippen LogP contribution in [0.4, 0.5) is 0 Å². The smallest absolute Gasteiger partial charge is 0.336 e. The SMILES string of the molecule is C=CCOc1cc(Br)c(C(=O)O)cc1OCC. The van der Waals surface area contributed by atoms with Crippen LogP contribution in [0, 0.1) is 0 Å². The quantitative estimate of drug-likeness (QED) is 0.820. The first-order chi connectivity index (χ1) is 8.10. The molecule has 5 heteroatoms. The highest BCUT2D eigenvalue weighted by Gasteiger charge is 2.15. The van der Waals surface area contributed by atoms with E-state index in [2.05, 4.69) is 22.5 Å². The monoisotopic (exact) mass is 300 g/mol. The van der Waals surface area contributed by atoms with E-state index in [1.165, 1.54) is 6.07 Å². The molecule has 0 aliphatic carbocycles. The molecule has 0 aliphatic heterocycles. The summed E-state index contributed by atoms with van der Waals surface area (Å²) in [6.07, 6.45) is 1.61. The molecular weight excluding hydrogens is 288 g/mol. The van der Waals surface area contributed by atoms with E-state index < -0.39 is 5.97 Å². The van der Waals surface area contributed by atoms with Gasteiger partial charge in [-0.25, -0.2) is 4.79 Å². The lowest BCUT2D eigenvalue weighted by Gasteiger charge is -2.12. The van der Waals surface area contributed by atoms with Gasteiger partial charge < -0.3 is 14.6 Å². The predicted octanol–water partition coefficient (Wildman–Crippen LogP) is 3.11. The molecule has 0 radical (unpaired) electrons. The maximum absolute atomic E-state index is 11.0. The molecule has 1 aromatic rings. The highest BCUT2D eigenvalue weighted by molar-refractivity contribution is 9.10. The van der Waals surface area contributed by atoms with Crippen molar-refractivity contribution in [3.8, 4) is 11.5 Å². The summed E-state index contributed by atoms with van der Waals surface area (Å²) >= 11 is 3.18. The van der Waals surface area contributed by atoms with Gasteiger partial charge in [0.2, 0.25) is 0 Å². The Morgan fingerprint density at radius 1 is 1.47 bits per heavy atom. The molecule has 0 unspecified atom stereocenters. The van der Waals surface area contributed by atoms with E-state index in [4.69, 9.17) is 14.6 Å². The lowest BCUT2D eigenvalue weighted by Crippen LogP contribution is -2.03. The molecule has 0 spiro atoms. The van der Waals surface area contributed by atoms with Gasteiger partial charge in [0.25, 0.3) is 0 Å². The van der Waals surface area contributed by atoms with Gasteiger partial charge in [-0.15, -0.1) is 0 Å². The van der Waals surface area contributed by atoms with E-state index in [-0.39, 0.29) is 5.56 Å². The van der Waals surface area contributed by atoms with Gasteiger partial charge in [-0.05, 0) is 35.0 Å². The Hall–Kier alpha value is -1.49. The highest BCUT2D eigenvalue weighted by atomic mass is 79.9. The number of rotatable bonds is 6. The van der Waals surface area contributed by atoms with Crippen molar-refractivity contribution in [2.45, 2.75) is 6.92 Å². The van der Waals surface area contributed by atoms with Gasteiger partial charge in [0.15, 0.2) is 11.5 Å². The Labute approximate surface area is 108 Å². The topological polar surface area (TPSA) is 55.8 Å². The Bertz CT molecular complexity index is 429. The third-order valence-corrected chi connectivity index (χ3v) is 2.58. The fraction of sp³-hybridized carbons (Fsp3) is 0.250. The maximum atomic E-state index is 11.0. The van der Waals surface area contributed by atoms with Crippen molar-refractivity contribution < 1.29 is 19.4 Å². The molecule has 0 aliphatic rings. The average molecular weight is 301 g/mol. The van der Waals surface area contributed by atoms with Crippen LogP contribution in [0.3, 0.4) is 0 Å². The molecule has 4 nitrogen and oxygen atoms in total. The second kappa shape index (κ2) is 6.30. The number of carboxylic acids is 1. The van der Waals surface area contributed by atoms with Crippen molar-refractivity contribution in [2.75, 3.05) is 13.2 Å². The van der Waals surface area contributed by atoms with Crippen molar-refractivity contribution in [3.05, 3.63) is 34.8 Å². The Morgan fingerprint density at radius 2 is 2.12 bits per heavy atom. The van der Waals surface area contributed by atoms with Gasteiger partial charge in [0.1, 0.15) is 6.61 Å². The second-order valence-electron chi connectivity index (χ2n) is 3.12. The van der Waals surface area contributed by atoms with Crippen molar-refractivity contribution in [3.63, 3.8) is 0 Å². The van der Waals surface area contributed by atoms with Gasteiger partial charge in [-0.3, -0.25) is 0 Å². The number of halogens is 1. The summed E-state index contributed by atoms with van der Waals surface area (Å²) in [5.74, 6) is -0.119. The minimum Gasteiger partial charge on any atom is -0.490 e. The van der Waals surface area contributed by atoms with Crippen LogP contribution in [-0.2, 0) is 0 Å². The van der Waals surface area contributed by atoms with Gasteiger partial charge in [0.05, 0.1) is 12.2 Å². The summed E-state index contributed by atoms with van der Waals surface area (Å²) in [6, 6.07) is 3.02. The molecule has 0 aromatic heterocycles. The van der Waals surface area contributed by atoms with E-state index in [0.29, 0.717) is 29.2 Å². The van der Waals surface area contributed by atoms with Crippen LogP contribution in [-0.4, -0.2) is 24.3 Å². The van der Waals surface area contributed by atoms with Gasteiger partial charge in [0, 0.05) is 4.47 Å². The van der Waals surface area contributed by atoms with E-state index in [1.54, 1.807) is 12.1 Å². The zero-order valence-corrected chi connectivity index (χ0v) is 11.0. The molecule has 17 heavy (non-hydrogen) atoms. The molecule has 0 atom stereocenters. The lowest BCUT2D eigenvalue weighted by molar-refractivity contribution is 0.0695. The highest BCUT2D eigenvalue weighted by Crippen LogP contribution is 2.33. The second-order valence-corrected chi connectivity index (χ2v) is 3.97. The van der Waals surface area contributed by atoms with E-state index >= 15 is 0 Å². The van der Waals surface area contributed by atoms with Crippen LogP contribution < -0.4 is 9.47 Å². The molecule has 0 amide bonds. The summed E-state index contributed by atoms with van der Waals surface area (Å²) in [6.45, 7) is 6.14. The Morgan fingerprint density at radius 3 is 2.65 bits per heavy atom. The van der Waals surface area contributed by atoms with Gasteiger partial charge in [-0.1, -0.05) is 12.7 Å². The van der Waals surface area contributed by atoms with Gasteiger partial charge >= 0.3 is 5.97 Å². The summed E-state index contributed by atoms with van der Waals surface area (Å²) < 4.78 is 11.2. The third-order valence-electron chi connectivity index (χ3n) is 1.92. The molecular formula is C12H13BrO4. The number of ether oxygens (including phenoxy) is 2. The molecule has 0 saturated carbocycles. The first-order valence-electron chi connectivity index (χ1n) is 5.03. The number of hydrogen-bond donors (Lipinski definition) is 1. The van der Waals surface area contributed by atoms with Crippen molar-refractivity contribution in [1.82, 2.24) is 0 Å². The van der Waals surface area contributed by atoms with Gasteiger partial charge in [-0.2, -0.15) is 0 Å². The van der Waals surface area contributed by atoms with E-state index in [0.717, 1.165) is 0 Å². The molecule has 1 N–H and O–H groups in total. The molecule has 0 heterocycles. The Kier molecular flexibility index (Phi) is 5.03. The van der Waals surface area contributed by atoms with Crippen LogP contribution in [0.15, 0.2) is 29.3 Å². The normalized spacial score (nSPS) is 9.76. The van der Waals surface area contributed by atoms with Crippen molar-refractivity contribution >= 4 is 21.9 Å². The number of carbonyl (C=O) groups is 1. The maximum Gasteiger partial charge on any atom is 0.336 e. The standard InChI is InChI=1S/C12H13BrO4/c1-3-5-17-11-7-9(13)8(12(14)15)6-10(11)16-4-2/h3,6-7H,1,4-5H2,2H3,(H,14,15). The molecule has 0 bridgehead atoms. The molecule has 1 rings (SSSR count). The lowest BCUT2D eigenvalue weighted by atomic mass is 10.2. The third kappa shape index (κ3) is 3.49. The predicted molar refractivity (Wildman–Crippen MR) is 68.0 cm³/mol. The molecule has 0 saturated heterocycles. The summed E-state index contributed by atoms with van der Waals surface area (Å²) in [5, 5.41) is 8.98. The number of benzene rings is 1.